The van der Waals surface area contributed by atoms with Crippen LogP contribution in [0, 0.1) is 5.82 Å². The zero-order chi connectivity index (χ0) is 18.0. The zero-order valence-electron chi connectivity index (χ0n) is 14.5. The van der Waals surface area contributed by atoms with Crippen molar-refractivity contribution in [1.82, 2.24) is 9.80 Å². The largest absolute Gasteiger partial charge is 0.337 e. The van der Waals surface area contributed by atoms with Crippen LogP contribution in [0.3, 0.4) is 0 Å². The predicted octanol–water partition coefficient (Wildman–Crippen LogP) is 3.88. The van der Waals surface area contributed by atoms with E-state index in [9.17, 15) is 9.18 Å². The second kappa shape index (κ2) is 7.54. The van der Waals surface area contributed by atoms with Gasteiger partial charge in [-0.3, -0.25) is 9.69 Å². The summed E-state index contributed by atoms with van der Waals surface area (Å²) in [5, 5.41) is 0.387. The second-order valence-electron chi connectivity index (χ2n) is 6.57. The highest BCUT2D eigenvalue weighted by Crippen LogP contribution is 2.23. The quantitative estimate of drug-likeness (QED) is 0.826. The van der Waals surface area contributed by atoms with Gasteiger partial charge in [-0.15, -0.1) is 0 Å². The molecule has 1 amide bonds. The van der Waals surface area contributed by atoms with Crippen molar-refractivity contribution in [3.8, 4) is 0 Å². The van der Waals surface area contributed by atoms with Crippen LogP contribution in [0.4, 0.5) is 4.39 Å². The normalized spacial score (nSPS) is 15.2. The van der Waals surface area contributed by atoms with Gasteiger partial charge in [0.05, 0.1) is 6.04 Å². The molecule has 0 aromatic heterocycles. The van der Waals surface area contributed by atoms with Gasteiger partial charge in [-0.05, 0) is 43.7 Å². The lowest BCUT2D eigenvalue weighted by Crippen LogP contribution is -2.47. The predicted molar refractivity (Wildman–Crippen MR) is 97.9 cm³/mol. The molecule has 1 aliphatic rings. The fraction of sp³-hybridized carbons (Fsp3) is 0.350. The molecule has 5 heteroatoms. The van der Waals surface area contributed by atoms with E-state index in [-0.39, 0.29) is 17.8 Å². The molecular weight excluding hydrogens is 339 g/mol. The van der Waals surface area contributed by atoms with Crippen LogP contribution in [0.1, 0.15) is 23.6 Å². The average Bonchev–Trinajstić information content (AvgIpc) is 2.63. The molecule has 0 bridgehead atoms. The van der Waals surface area contributed by atoms with E-state index in [2.05, 4.69) is 12.1 Å². The van der Waals surface area contributed by atoms with E-state index in [0.29, 0.717) is 30.2 Å². The molecule has 0 saturated heterocycles. The minimum Gasteiger partial charge on any atom is -0.337 e. The summed E-state index contributed by atoms with van der Waals surface area (Å²) in [7, 11) is 1.82. The first-order valence-electron chi connectivity index (χ1n) is 8.46. The van der Waals surface area contributed by atoms with Crippen LogP contribution in [0.5, 0.6) is 0 Å². The molecule has 2 aromatic rings. The Morgan fingerprint density at radius 3 is 2.68 bits per heavy atom. The monoisotopic (exact) mass is 360 g/mol. The van der Waals surface area contributed by atoms with E-state index >= 15 is 0 Å². The van der Waals surface area contributed by atoms with Crippen molar-refractivity contribution in [1.29, 1.82) is 0 Å². The SMILES string of the molecule is CC(C(=O)N1CCc2ccccc2C1)N(C)Cc1c(F)cccc1Cl. The van der Waals surface area contributed by atoms with Gasteiger partial charge < -0.3 is 4.90 Å². The molecule has 3 rings (SSSR count). The standard InChI is InChI=1S/C20H22ClFN2O/c1-14(23(2)13-17-18(21)8-5-9-19(17)22)20(25)24-11-10-15-6-3-4-7-16(15)12-24/h3-9,14H,10-13H2,1-2H3. The van der Waals surface area contributed by atoms with Crippen molar-refractivity contribution in [3.05, 3.63) is 70.0 Å². The Morgan fingerprint density at radius 2 is 1.96 bits per heavy atom. The van der Waals surface area contributed by atoms with E-state index in [1.54, 1.807) is 12.1 Å². The summed E-state index contributed by atoms with van der Waals surface area (Å²) in [5.41, 5.74) is 2.94. The highest BCUT2D eigenvalue weighted by Gasteiger charge is 2.27. The van der Waals surface area contributed by atoms with Gasteiger partial charge in [0.2, 0.25) is 5.91 Å². The van der Waals surface area contributed by atoms with E-state index in [1.165, 1.54) is 17.2 Å². The molecular formula is C20H22ClFN2O. The lowest BCUT2D eigenvalue weighted by Gasteiger charge is -2.34. The number of rotatable bonds is 4. The van der Waals surface area contributed by atoms with Gasteiger partial charge in [0.15, 0.2) is 0 Å². The smallest absolute Gasteiger partial charge is 0.239 e. The van der Waals surface area contributed by atoms with E-state index in [1.807, 2.05) is 35.9 Å². The fourth-order valence-electron chi connectivity index (χ4n) is 3.21. The van der Waals surface area contributed by atoms with Crippen molar-refractivity contribution >= 4 is 17.5 Å². The molecule has 0 aliphatic carbocycles. The molecule has 25 heavy (non-hydrogen) atoms. The number of carbonyl (C=O) groups is 1. The minimum atomic E-state index is -0.346. The highest BCUT2D eigenvalue weighted by atomic mass is 35.5. The van der Waals surface area contributed by atoms with Crippen molar-refractivity contribution in [3.63, 3.8) is 0 Å². The maximum absolute atomic E-state index is 14.0. The number of benzene rings is 2. The van der Waals surface area contributed by atoms with Crippen LogP contribution in [0.25, 0.3) is 0 Å². The third-order valence-electron chi connectivity index (χ3n) is 4.93. The molecule has 0 N–H and O–H groups in total. The molecule has 0 radical (unpaired) electrons. The number of hydrogen-bond donors (Lipinski definition) is 0. The number of carbonyl (C=O) groups excluding carboxylic acids is 1. The number of fused-ring (bicyclic) bond motifs is 1. The van der Waals surface area contributed by atoms with E-state index in [0.717, 1.165) is 6.42 Å². The van der Waals surface area contributed by atoms with Crippen LogP contribution in [-0.2, 0) is 24.3 Å². The van der Waals surface area contributed by atoms with Gasteiger partial charge >= 0.3 is 0 Å². The van der Waals surface area contributed by atoms with Crippen LogP contribution in [0.2, 0.25) is 5.02 Å². The summed E-state index contributed by atoms with van der Waals surface area (Å²) in [6.45, 7) is 3.50. The maximum atomic E-state index is 14.0. The summed E-state index contributed by atoms with van der Waals surface area (Å²) in [6.07, 6.45) is 0.873. The third kappa shape index (κ3) is 3.86. The average molecular weight is 361 g/mol. The molecule has 1 heterocycles. The highest BCUT2D eigenvalue weighted by molar-refractivity contribution is 6.31. The van der Waals surface area contributed by atoms with E-state index < -0.39 is 0 Å². The van der Waals surface area contributed by atoms with Crippen LogP contribution in [0.15, 0.2) is 42.5 Å². The van der Waals surface area contributed by atoms with Gasteiger partial charge in [0.25, 0.3) is 0 Å². The van der Waals surface area contributed by atoms with Gasteiger partial charge in [-0.2, -0.15) is 0 Å². The summed E-state index contributed by atoms with van der Waals surface area (Å²) in [6, 6.07) is 12.5. The van der Waals surface area contributed by atoms with Crippen molar-refractivity contribution in [2.45, 2.75) is 32.5 Å². The lowest BCUT2D eigenvalue weighted by molar-refractivity contribution is -0.137. The Balaban J connectivity index is 1.68. The second-order valence-corrected chi connectivity index (χ2v) is 6.98. The van der Waals surface area contributed by atoms with Gasteiger partial charge in [0, 0.05) is 30.2 Å². The van der Waals surface area contributed by atoms with Crippen LogP contribution < -0.4 is 0 Å². The van der Waals surface area contributed by atoms with Crippen LogP contribution >= 0.6 is 11.6 Å². The molecule has 0 fully saturated rings. The molecule has 0 spiro atoms. The molecule has 0 saturated carbocycles. The number of hydrogen-bond acceptors (Lipinski definition) is 2. The summed E-state index contributed by atoms with van der Waals surface area (Å²) < 4.78 is 14.0. The Kier molecular flexibility index (Phi) is 5.40. The first-order chi connectivity index (χ1) is 12.0. The summed E-state index contributed by atoms with van der Waals surface area (Å²) in [5.74, 6) is -0.282. The Labute approximate surface area is 153 Å². The maximum Gasteiger partial charge on any atom is 0.239 e. The Hall–Kier alpha value is -1.91. The fourth-order valence-corrected chi connectivity index (χ4v) is 3.43. The minimum absolute atomic E-state index is 0.0597. The number of nitrogens with zero attached hydrogens (tertiary/aromatic N) is 2. The molecule has 2 aromatic carbocycles. The summed E-state index contributed by atoms with van der Waals surface area (Å²) in [4.78, 5) is 16.6. The Morgan fingerprint density at radius 1 is 1.24 bits per heavy atom. The number of halogens is 2. The van der Waals surface area contributed by atoms with Crippen molar-refractivity contribution in [2.75, 3.05) is 13.6 Å². The van der Waals surface area contributed by atoms with E-state index in [4.69, 9.17) is 11.6 Å². The lowest BCUT2D eigenvalue weighted by atomic mass is 9.99. The molecule has 1 aliphatic heterocycles. The first kappa shape index (κ1) is 17.9. The molecule has 132 valence electrons. The first-order valence-corrected chi connectivity index (χ1v) is 8.84. The topological polar surface area (TPSA) is 23.6 Å². The third-order valence-corrected chi connectivity index (χ3v) is 5.28. The Bertz CT molecular complexity index is 760. The van der Waals surface area contributed by atoms with Gasteiger partial charge in [-0.1, -0.05) is 41.9 Å². The van der Waals surface area contributed by atoms with Gasteiger partial charge in [-0.25, -0.2) is 4.39 Å². The molecule has 1 atom stereocenters. The molecule has 1 unspecified atom stereocenters. The van der Waals surface area contributed by atoms with Gasteiger partial charge in [0.1, 0.15) is 5.82 Å². The van der Waals surface area contributed by atoms with Crippen molar-refractivity contribution < 1.29 is 9.18 Å². The van der Waals surface area contributed by atoms with Crippen LogP contribution in [-0.4, -0.2) is 35.3 Å². The summed E-state index contributed by atoms with van der Waals surface area (Å²) >= 11 is 6.10. The molecule has 3 nitrogen and oxygen atoms in total. The zero-order valence-corrected chi connectivity index (χ0v) is 15.3. The number of likely N-dealkylation sites (N-methyl/N-ethyl adjacent to an activating group) is 1. The van der Waals surface area contributed by atoms with Crippen molar-refractivity contribution in [2.24, 2.45) is 0 Å². The number of amides is 1.